The SMILES string of the molecule is CN(Cc1cnn(C)c1)c1cc(F)c(Cl)cc1N. The number of aromatic nitrogens is 2. The van der Waals surface area contributed by atoms with Gasteiger partial charge in [0.05, 0.1) is 22.6 Å². The Morgan fingerprint density at radius 3 is 2.83 bits per heavy atom. The number of nitrogens with two attached hydrogens (primary N) is 1. The zero-order chi connectivity index (χ0) is 13.3. The molecule has 0 saturated carbocycles. The first-order valence-electron chi connectivity index (χ1n) is 5.40. The molecule has 0 bridgehead atoms. The monoisotopic (exact) mass is 268 g/mol. The second-order valence-corrected chi connectivity index (χ2v) is 4.61. The molecule has 4 nitrogen and oxygen atoms in total. The van der Waals surface area contributed by atoms with E-state index < -0.39 is 5.82 Å². The number of rotatable bonds is 3. The molecule has 1 aromatic carbocycles. The molecule has 0 aliphatic carbocycles. The first kappa shape index (κ1) is 12.7. The fourth-order valence-electron chi connectivity index (χ4n) is 1.79. The van der Waals surface area contributed by atoms with Gasteiger partial charge in [-0.2, -0.15) is 5.10 Å². The third-order valence-corrected chi connectivity index (χ3v) is 2.95. The molecule has 0 unspecified atom stereocenters. The summed E-state index contributed by atoms with van der Waals surface area (Å²) < 4.78 is 15.1. The fourth-order valence-corrected chi connectivity index (χ4v) is 1.97. The summed E-state index contributed by atoms with van der Waals surface area (Å²) in [5.74, 6) is -0.473. The predicted octanol–water partition coefficient (Wildman–Crippen LogP) is 2.43. The Labute approximate surface area is 110 Å². The molecule has 0 aliphatic heterocycles. The van der Waals surface area contributed by atoms with Crippen LogP contribution in [0.3, 0.4) is 0 Å². The molecule has 0 amide bonds. The van der Waals surface area contributed by atoms with E-state index in [9.17, 15) is 4.39 Å². The first-order valence-corrected chi connectivity index (χ1v) is 5.78. The maximum atomic E-state index is 13.4. The van der Waals surface area contributed by atoms with Gasteiger partial charge < -0.3 is 10.6 Å². The first-order chi connectivity index (χ1) is 8.47. The van der Waals surface area contributed by atoms with Gasteiger partial charge in [-0.1, -0.05) is 11.6 Å². The van der Waals surface area contributed by atoms with Gasteiger partial charge in [-0.3, -0.25) is 4.68 Å². The number of nitrogen functional groups attached to an aromatic ring is 1. The summed E-state index contributed by atoms with van der Waals surface area (Å²) in [6.07, 6.45) is 3.66. The molecule has 2 rings (SSSR count). The molecule has 0 radical (unpaired) electrons. The molecule has 0 aliphatic rings. The van der Waals surface area contributed by atoms with E-state index in [-0.39, 0.29) is 5.02 Å². The van der Waals surface area contributed by atoms with Crippen molar-refractivity contribution in [2.45, 2.75) is 6.54 Å². The zero-order valence-corrected chi connectivity index (χ0v) is 10.9. The molecule has 96 valence electrons. The molecule has 6 heteroatoms. The van der Waals surface area contributed by atoms with Crippen LogP contribution in [-0.4, -0.2) is 16.8 Å². The number of hydrogen-bond donors (Lipinski definition) is 1. The Hall–Kier alpha value is -1.75. The summed E-state index contributed by atoms with van der Waals surface area (Å²) in [5.41, 5.74) is 7.92. The molecule has 0 atom stereocenters. The summed E-state index contributed by atoms with van der Waals surface area (Å²) in [6.45, 7) is 0.596. The Bertz CT molecular complexity index is 567. The van der Waals surface area contributed by atoms with Gasteiger partial charge in [0.25, 0.3) is 0 Å². The minimum absolute atomic E-state index is 0.0334. The van der Waals surface area contributed by atoms with E-state index >= 15 is 0 Å². The van der Waals surface area contributed by atoms with Crippen LogP contribution in [0.15, 0.2) is 24.5 Å². The van der Waals surface area contributed by atoms with E-state index in [1.54, 1.807) is 10.9 Å². The maximum absolute atomic E-state index is 13.4. The topological polar surface area (TPSA) is 47.1 Å². The summed E-state index contributed by atoms with van der Waals surface area (Å²) >= 11 is 5.67. The molecule has 18 heavy (non-hydrogen) atoms. The van der Waals surface area contributed by atoms with Gasteiger partial charge in [0.15, 0.2) is 0 Å². The standard InChI is InChI=1S/C12H14ClFN4/c1-17(6-8-5-16-18(2)7-8)12-4-10(14)9(13)3-11(12)15/h3-5,7H,6,15H2,1-2H3. The third kappa shape index (κ3) is 2.56. The van der Waals surface area contributed by atoms with E-state index in [0.717, 1.165) is 5.56 Å². The van der Waals surface area contributed by atoms with Gasteiger partial charge in [-0.05, 0) is 6.07 Å². The van der Waals surface area contributed by atoms with Gasteiger partial charge in [0.2, 0.25) is 0 Å². The molecular formula is C12H14ClFN4. The minimum atomic E-state index is -0.473. The average molecular weight is 269 g/mol. The van der Waals surface area contributed by atoms with E-state index in [4.69, 9.17) is 17.3 Å². The van der Waals surface area contributed by atoms with Gasteiger partial charge in [0, 0.05) is 38.5 Å². The third-order valence-electron chi connectivity index (χ3n) is 2.66. The van der Waals surface area contributed by atoms with Crippen molar-refractivity contribution in [1.82, 2.24) is 9.78 Å². The lowest BCUT2D eigenvalue weighted by atomic mass is 10.2. The van der Waals surface area contributed by atoms with Crippen molar-refractivity contribution < 1.29 is 4.39 Å². The highest BCUT2D eigenvalue weighted by Crippen LogP contribution is 2.29. The normalized spacial score (nSPS) is 10.7. The summed E-state index contributed by atoms with van der Waals surface area (Å²) in [4.78, 5) is 1.85. The molecule has 2 N–H and O–H groups in total. The molecule has 0 fully saturated rings. The summed E-state index contributed by atoms with van der Waals surface area (Å²) in [5, 5.41) is 4.11. The quantitative estimate of drug-likeness (QED) is 0.870. The Morgan fingerprint density at radius 1 is 1.50 bits per heavy atom. The highest BCUT2D eigenvalue weighted by atomic mass is 35.5. The highest BCUT2D eigenvalue weighted by molar-refractivity contribution is 6.31. The second kappa shape index (κ2) is 4.86. The number of anilines is 2. The van der Waals surface area contributed by atoms with Crippen LogP contribution in [0, 0.1) is 5.82 Å². The van der Waals surface area contributed by atoms with Crippen LogP contribution in [-0.2, 0) is 13.6 Å². The molecule has 0 spiro atoms. The number of aryl methyl sites for hydroxylation is 1. The molecular weight excluding hydrogens is 255 g/mol. The Morgan fingerprint density at radius 2 is 2.22 bits per heavy atom. The lowest BCUT2D eigenvalue weighted by molar-refractivity contribution is 0.628. The van der Waals surface area contributed by atoms with Crippen molar-refractivity contribution in [2.75, 3.05) is 17.7 Å². The second-order valence-electron chi connectivity index (χ2n) is 4.20. The smallest absolute Gasteiger partial charge is 0.144 e. The van der Waals surface area contributed by atoms with Crippen LogP contribution >= 0.6 is 11.6 Å². The van der Waals surface area contributed by atoms with Gasteiger partial charge in [-0.25, -0.2) is 4.39 Å². The van der Waals surface area contributed by atoms with Crippen LogP contribution in [0.25, 0.3) is 0 Å². The number of hydrogen-bond acceptors (Lipinski definition) is 3. The lowest BCUT2D eigenvalue weighted by Gasteiger charge is -2.20. The van der Waals surface area contributed by atoms with E-state index in [1.807, 2.05) is 25.2 Å². The van der Waals surface area contributed by atoms with Crippen LogP contribution < -0.4 is 10.6 Å². The average Bonchev–Trinajstić information content (AvgIpc) is 2.69. The molecule has 1 heterocycles. The minimum Gasteiger partial charge on any atom is -0.397 e. The number of nitrogens with zero attached hydrogens (tertiary/aromatic N) is 3. The molecule has 2 aromatic rings. The van der Waals surface area contributed by atoms with Crippen molar-refractivity contribution in [3.8, 4) is 0 Å². The number of benzene rings is 1. The Balaban J connectivity index is 2.23. The molecule has 0 saturated heterocycles. The van der Waals surface area contributed by atoms with E-state index in [1.165, 1.54) is 12.1 Å². The van der Waals surface area contributed by atoms with Crippen molar-refractivity contribution in [3.05, 3.63) is 40.9 Å². The van der Waals surface area contributed by atoms with Crippen molar-refractivity contribution in [1.29, 1.82) is 0 Å². The van der Waals surface area contributed by atoms with Gasteiger partial charge >= 0.3 is 0 Å². The number of halogens is 2. The summed E-state index contributed by atoms with van der Waals surface area (Å²) in [6, 6.07) is 2.76. The highest BCUT2D eigenvalue weighted by Gasteiger charge is 2.11. The Kier molecular flexibility index (Phi) is 3.43. The fraction of sp³-hybridized carbons (Fsp3) is 0.250. The largest absolute Gasteiger partial charge is 0.397 e. The van der Waals surface area contributed by atoms with Crippen LogP contribution in [0.5, 0.6) is 0 Å². The van der Waals surface area contributed by atoms with Crippen molar-refractivity contribution in [2.24, 2.45) is 7.05 Å². The zero-order valence-electron chi connectivity index (χ0n) is 10.2. The van der Waals surface area contributed by atoms with Crippen LogP contribution in [0.4, 0.5) is 15.8 Å². The van der Waals surface area contributed by atoms with Crippen LogP contribution in [0.1, 0.15) is 5.56 Å². The summed E-state index contributed by atoms with van der Waals surface area (Å²) in [7, 11) is 3.69. The lowest BCUT2D eigenvalue weighted by Crippen LogP contribution is -2.17. The predicted molar refractivity (Wildman–Crippen MR) is 71.1 cm³/mol. The van der Waals surface area contributed by atoms with Crippen molar-refractivity contribution in [3.63, 3.8) is 0 Å². The van der Waals surface area contributed by atoms with E-state index in [0.29, 0.717) is 17.9 Å². The van der Waals surface area contributed by atoms with Gasteiger partial charge in [-0.15, -0.1) is 0 Å². The van der Waals surface area contributed by atoms with E-state index in [2.05, 4.69) is 5.10 Å². The maximum Gasteiger partial charge on any atom is 0.144 e. The van der Waals surface area contributed by atoms with Gasteiger partial charge in [0.1, 0.15) is 5.82 Å². The van der Waals surface area contributed by atoms with Crippen LogP contribution in [0.2, 0.25) is 5.02 Å². The van der Waals surface area contributed by atoms with Crippen molar-refractivity contribution >= 4 is 23.0 Å². The molecule has 1 aromatic heterocycles.